The van der Waals surface area contributed by atoms with E-state index in [4.69, 9.17) is 40.5 Å². The fourth-order valence-electron chi connectivity index (χ4n) is 2.07. The van der Waals surface area contributed by atoms with Gasteiger partial charge in [0.05, 0.1) is 31.8 Å². The smallest absolute Gasteiger partial charge is 0.206 e. The summed E-state index contributed by atoms with van der Waals surface area (Å²) in [6, 6.07) is 4.69. The van der Waals surface area contributed by atoms with Crippen molar-refractivity contribution in [2.24, 2.45) is 0 Å². The first kappa shape index (κ1) is 14.4. The van der Waals surface area contributed by atoms with Gasteiger partial charge in [0.25, 0.3) is 0 Å². The maximum atomic E-state index is 13.5. The quantitative estimate of drug-likeness (QED) is 0.683. The molecular formula is C13H6Cl3F2N3. The van der Waals surface area contributed by atoms with E-state index in [0.29, 0.717) is 5.52 Å². The van der Waals surface area contributed by atoms with Crippen molar-refractivity contribution in [2.75, 3.05) is 5.73 Å². The van der Waals surface area contributed by atoms with Crippen LogP contribution in [0.25, 0.3) is 16.7 Å². The molecule has 0 saturated heterocycles. The third kappa shape index (κ3) is 2.31. The van der Waals surface area contributed by atoms with Gasteiger partial charge in [-0.3, -0.25) is 4.57 Å². The molecule has 2 N–H and O–H groups in total. The van der Waals surface area contributed by atoms with E-state index in [0.717, 1.165) is 18.2 Å². The van der Waals surface area contributed by atoms with Gasteiger partial charge in [0.2, 0.25) is 5.95 Å². The van der Waals surface area contributed by atoms with E-state index in [2.05, 4.69) is 4.98 Å². The first-order valence-electron chi connectivity index (χ1n) is 5.66. The largest absolute Gasteiger partial charge is 0.369 e. The van der Waals surface area contributed by atoms with Crippen molar-refractivity contribution in [2.45, 2.75) is 0 Å². The zero-order valence-corrected chi connectivity index (χ0v) is 12.4. The lowest BCUT2D eigenvalue weighted by atomic mass is 10.2. The number of rotatable bonds is 1. The van der Waals surface area contributed by atoms with Crippen LogP contribution in [0.2, 0.25) is 15.1 Å². The maximum Gasteiger partial charge on any atom is 0.206 e. The highest BCUT2D eigenvalue weighted by molar-refractivity contribution is 6.38. The highest BCUT2D eigenvalue weighted by atomic mass is 35.5. The number of nitrogens with zero attached hydrogens (tertiary/aromatic N) is 2. The van der Waals surface area contributed by atoms with Gasteiger partial charge in [0.1, 0.15) is 11.6 Å². The molecule has 0 unspecified atom stereocenters. The highest BCUT2D eigenvalue weighted by Gasteiger charge is 2.18. The molecule has 3 nitrogen and oxygen atoms in total. The van der Waals surface area contributed by atoms with E-state index in [1.807, 2.05) is 0 Å². The summed E-state index contributed by atoms with van der Waals surface area (Å²) in [7, 11) is 0. The number of fused-ring (bicyclic) bond motifs is 1. The molecule has 0 atom stereocenters. The summed E-state index contributed by atoms with van der Waals surface area (Å²) in [5.41, 5.74) is 6.78. The molecule has 2 aromatic carbocycles. The van der Waals surface area contributed by atoms with E-state index in [1.165, 1.54) is 10.6 Å². The molecule has 0 aliphatic heterocycles. The van der Waals surface area contributed by atoms with Gasteiger partial charge in [-0.05, 0) is 18.2 Å². The van der Waals surface area contributed by atoms with Crippen LogP contribution in [-0.4, -0.2) is 9.55 Å². The Balaban J connectivity index is 2.41. The van der Waals surface area contributed by atoms with Crippen LogP contribution in [0.5, 0.6) is 0 Å². The molecule has 0 aliphatic carbocycles. The fraction of sp³-hybridized carbons (Fsp3) is 0. The topological polar surface area (TPSA) is 43.8 Å². The Labute approximate surface area is 132 Å². The molecule has 0 saturated carbocycles. The zero-order valence-electron chi connectivity index (χ0n) is 10.2. The number of hydrogen-bond donors (Lipinski definition) is 1. The number of benzene rings is 2. The predicted octanol–water partition coefficient (Wildman–Crippen LogP) is 4.85. The number of imidazole rings is 1. The van der Waals surface area contributed by atoms with Crippen molar-refractivity contribution < 1.29 is 8.78 Å². The monoisotopic (exact) mass is 347 g/mol. The molecule has 1 heterocycles. The van der Waals surface area contributed by atoms with Crippen LogP contribution in [0.4, 0.5) is 14.7 Å². The minimum Gasteiger partial charge on any atom is -0.369 e. The van der Waals surface area contributed by atoms with E-state index < -0.39 is 11.6 Å². The Kier molecular flexibility index (Phi) is 3.43. The molecule has 0 aliphatic rings. The number of hydrogen-bond acceptors (Lipinski definition) is 2. The van der Waals surface area contributed by atoms with Crippen LogP contribution >= 0.6 is 34.8 Å². The van der Waals surface area contributed by atoms with Crippen molar-refractivity contribution in [3.63, 3.8) is 0 Å². The summed E-state index contributed by atoms with van der Waals surface area (Å²) in [5, 5.41) is -0.00379. The van der Waals surface area contributed by atoms with Crippen molar-refractivity contribution in [1.82, 2.24) is 9.55 Å². The first-order chi connectivity index (χ1) is 9.88. The summed E-state index contributed by atoms with van der Waals surface area (Å²) < 4.78 is 28.2. The van der Waals surface area contributed by atoms with E-state index in [-0.39, 0.29) is 32.2 Å². The molecule has 0 bridgehead atoms. The second kappa shape index (κ2) is 5.02. The van der Waals surface area contributed by atoms with E-state index in [9.17, 15) is 8.78 Å². The summed E-state index contributed by atoms with van der Waals surface area (Å²) in [6.07, 6.45) is 0. The summed E-state index contributed by atoms with van der Waals surface area (Å²) in [4.78, 5) is 4.03. The Morgan fingerprint density at radius 2 is 1.57 bits per heavy atom. The average molecular weight is 349 g/mol. The molecule has 3 aromatic rings. The normalized spacial score (nSPS) is 11.3. The van der Waals surface area contributed by atoms with Crippen LogP contribution in [0.15, 0.2) is 24.3 Å². The third-order valence-electron chi connectivity index (χ3n) is 2.93. The maximum absolute atomic E-state index is 13.5. The lowest BCUT2D eigenvalue weighted by molar-refractivity contribution is 0.627. The summed E-state index contributed by atoms with van der Waals surface area (Å²) >= 11 is 17.8. The second-order valence-corrected chi connectivity index (χ2v) is 5.50. The molecule has 0 spiro atoms. The Morgan fingerprint density at radius 3 is 2.19 bits per heavy atom. The van der Waals surface area contributed by atoms with Gasteiger partial charge in [0.15, 0.2) is 0 Å². The molecule has 0 radical (unpaired) electrons. The van der Waals surface area contributed by atoms with Gasteiger partial charge < -0.3 is 5.73 Å². The summed E-state index contributed by atoms with van der Waals surface area (Å²) in [5.74, 6) is -1.17. The second-order valence-electron chi connectivity index (χ2n) is 4.28. The van der Waals surface area contributed by atoms with Gasteiger partial charge in [-0.25, -0.2) is 13.8 Å². The average Bonchev–Trinajstić information content (AvgIpc) is 2.66. The minimum absolute atomic E-state index is 0.0297. The van der Waals surface area contributed by atoms with Gasteiger partial charge in [-0.2, -0.15) is 0 Å². The molecule has 0 fully saturated rings. The highest BCUT2D eigenvalue weighted by Crippen LogP contribution is 2.35. The van der Waals surface area contributed by atoms with Gasteiger partial charge in [-0.15, -0.1) is 0 Å². The van der Waals surface area contributed by atoms with Crippen LogP contribution in [-0.2, 0) is 0 Å². The SMILES string of the molecule is Nc1nc2cc(F)c(Cl)cc2n1-c1c(Cl)cc(F)cc1Cl. The van der Waals surface area contributed by atoms with Crippen molar-refractivity contribution in [3.8, 4) is 5.69 Å². The van der Waals surface area contributed by atoms with Crippen molar-refractivity contribution in [1.29, 1.82) is 0 Å². The molecule has 8 heteroatoms. The number of nitrogens with two attached hydrogens (primary N) is 1. The number of halogens is 5. The van der Waals surface area contributed by atoms with Crippen LogP contribution in [0.1, 0.15) is 0 Å². The van der Waals surface area contributed by atoms with Gasteiger partial charge in [-0.1, -0.05) is 34.8 Å². The van der Waals surface area contributed by atoms with E-state index >= 15 is 0 Å². The fourth-order valence-corrected chi connectivity index (χ4v) is 2.86. The first-order valence-corrected chi connectivity index (χ1v) is 6.79. The molecular weight excluding hydrogens is 343 g/mol. The molecule has 3 rings (SSSR count). The Bertz CT molecular complexity index is 854. The van der Waals surface area contributed by atoms with Gasteiger partial charge >= 0.3 is 0 Å². The minimum atomic E-state index is -0.620. The zero-order chi connectivity index (χ0) is 15.3. The van der Waals surface area contributed by atoms with Crippen LogP contribution < -0.4 is 5.73 Å². The third-order valence-corrected chi connectivity index (χ3v) is 3.79. The number of aromatic nitrogens is 2. The predicted molar refractivity (Wildman–Crippen MR) is 80.4 cm³/mol. The van der Waals surface area contributed by atoms with E-state index in [1.54, 1.807) is 0 Å². The number of nitrogen functional groups attached to an aromatic ring is 1. The van der Waals surface area contributed by atoms with Crippen molar-refractivity contribution >= 4 is 51.8 Å². The standard InChI is InChI=1S/C13H6Cl3F2N3/c14-6-3-11-10(4-9(6)18)20-13(19)21(11)12-7(15)1-5(17)2-8(12)16/h1-4H,(H2,19,20). The lowest BCUT2D eigenvalue weighted by Crippen LogP contribution is -2.02. The molecule has 108 valence electrons. The van der Waals surface area contributed by atoms with Crippen LogP contribution in [0.3, 0.4) is 0 Å². The van der Waals surface area contributed by atoms with Gasteiger partial charge in [0, 0.05) is 6.07 Å². The number of anilines is 1. The Hall–Kier alpha value is -1.56. The molecule has 21 heavy (non-hydrogen) atoms. The summed E-state index contributed by atoms with van der Waals surface area (Å²) in [6.45, 7) is 0. The molecule has 1 aromatic heterocycles. The molecule has 0 amide bonds. The Morgan fingerprint density at radius 1 is 0.952 bits per heavy atom. The van der Waals surface area contributed by atoms with Crippen molar-refractivity contribution in [3.05, 3.63) is 51.0 Å². The lowest BCUT2D eigenvalue weighted by Gasteiger charge is -2.11. The van der Waals surface area contributed by atoms with Crippen LogP contribution in [0, 0.1) is 11.6 Å².